The first kappa shape index (κ1) is 9.98. The van der Waals surface area contributed by atoms with E-state index >= 15 is 0 Å². The number of anilines is 1. The first-order chi connectivity index (χ1) is 7.33. The van der Waals surface area contributed by atoms with Gasteiger partial charge in [0, 0.05) is 20.2 Å². The number of hydrogen-bond acceptors (Lipinski definition) is 3. The number of para-hydroxylation sites is 1. The zero-order valence-electron chi connectivity index (χ0n) is 8.77. The van der Waals surface area contributed by atoms with E-state index < -0.39 is 0 Å². The second kappa shape index (κ2) is 4.31. The minimum absolute atomic E-state index is 0.223. The van der Waals surface area contributed by atoms with Crippen molar-refractivity contribution >= 4 is 16.7 Å². The molecule has 80 valence electrons. The number of benzene rings is 1. The van der Waals surface area contributed by atoms with E-state index in [1.807, 2.05) is 25.2 Å². The van der Waals surface area contributed by atoms with E-state index in [0.29, 0.717) is 0 Å². The summed E-state index contributed by atoms with van der Waals surface area (Å²) in [4.78, 5) is 9.48. The molecule has 0 unspecified atom stereocenters. The first-order valence-corrected chi connectivity index (χ1v) is 5.07. The van der Waals surface area contributed by atoms with Crippen LogP contribution in [0.25, 0.3) is 11.0 Å². The van der Waals surface area contributed by atoms with Crippen molar-refractivity contribution in [2.45, 2.75) is 6.42 Å². The molecule has 0 aliphatic carbocycles. The number of aliphatic hydroxyl groups excluding tert-OH is 1. The van der Waals surface area contributed by atoms with E-state index in [4.69, 9.17) is 5.11 Å². The zero-order chi connectivity index (χ0) is 10.7. The van der Waals surface area contributed by atoms with Gasteiger partial charge in [-0.2, -0.15) is 0 Å². The minimum atomic E-state index is 0.223. The van der Waals surface area contributed by atoms with Crippen molar-refractivity contribution < 1.29 is 5.11 Å². The van der Waals surface area contributed by atoms with Crippen LogP contribution in [0.5, 0.6) is 0 Å². The van der Waals surface area contributed by atoms with Crippen molar-refractivity contribution in [3.05, 3.63) is 24.5 Å². The molecule has 0 aliphatic heterocycles. The fraction of sp³-hybridized carbons (Fsp3) is 0.364. The summed E-state index contributed by atoms with van der Waals surface area (Å²) in [5.74, 6) is 0. The summed E-state index contributed by atoms with van der Waals surface area (Å²) in [6, 6.07) is 6.05. The Morgan fingerprint density at radius 3 is 3.13 bits per heavy atom. The van der Waals surface area contributed by atoms with E-state index in [0.717, 1.165) is 29.7 Å². The second-order valence-electron chi connectivity index (χ2n) is 3.57. The van der Waals surface area contributed by atoms with Gasteiger partial charge in [-0.05, 0) is 18.6 Å². The van der Waals surface area contributed by atoms with Gasteiger partial charge in [0.1, 0.15) is 5.52 Å². The first-order valence-electron chi connectivity index (χ1n) is 5.07. The molecule has 2 rings (SSSR count). The third kappa shape index (κ3) is 1.94. The number of aromatic amines is 1. The van der Waals surface area contributed by atoms with Gasteiger partial charge in [-0.3, -0.25) is 0 Å². The van der Waals surface area contributed by atoms with Crippen LogP contribution in [0.4, 0.5) is 5.69 Å². The lowest BCUT2D eigenvalue weighted by atomic mass is 10.2. The molecule has 4 nitrogen and oxygen atoms in total. The quantitative estimate of drug-likeness (QED) is 0.793. The van der Waals surface area contributed by atoms with E-state index in [2.05, 4.69) is 14.9 Å². The molecule has 1 aromatic carbocycles. The van der Waals surface area contributed by atoms with Crippen LogP contribution in [-0.4, -0.2) is 35.3 Å². The Hall–Kier alpha value is -1.55. The lowest BCUT2D eigenvalue weighted by molar-refractivity contribution is 0.290. The van der Waals surface area contributed by atoms with Gasteiger partial charge in [0.05, 0.1) is 17.5 Å². The summed E-state index contributed by atoms with van der Waals surface area (Å²) < 4.78 is 0. The summed E-state index contributed by atoms with van der Waals surface area (Å²) in [5, 5.41) is 8.79. The molecule has 1 aromatic heterocycles. The summed E-state index contributed by atoms with van der Waals surface area (Å²) >= 11 is 0. The number of nitrogens with zero attached hydrogens (tertiary/aromatic N) is 2. The van der Waals surface area contributed by atoms with Crippen LogP contribution in [-0.2, 0) is 0 Å². The minimum Gasteiger partial charge on any atom is -0.396 e. The molecule has 0 saturated carbocycles. The Morgan fingerprint density at radius 1 is 1.47 bits per heavy atom. The van der Waals surface area contributed by atoms with Crippen LogP contribution >= 0.6 is 0 Å². The van der Waals surface area contributed by atoms with Gasteiger partial charge < -0.3 is 15.0 Å². The van der Waals surface area contributed by atoms with Gasteiger partial charge in [-0.25, -0.2) is 4.98 Å². The smallest absolute Gasteiger partial charge is 0.112 e. The SMILES string of the molecule is CN(CCCO)c1cccc2[nH]cnc12. The molecule has 15 heavy (non-hydrogen) atoms. The highest BCUT2D eigenvalue weighted by atomic mass is 16.3. The number of hydrogen-bond donors (Lipinski definition) is 2. The lowest BCUT2D eigenvalue weighted by Gasteiger charge is -2.18. The van der Waals surface area contributed by atoms with Crippen molar-refractivity contribution in [3.8, 4) is 0 Å². The Kier molecular flexibility index (Phi) is 2.87. The molecule has 0 amide bonds. The number of fused-ring (bicyclic) bond motifs is 1. The fourth-order valence-corrected chi connectivity index (χ4v) is 1.69. The molecule has 0 spiro atoms. The third-order valence-corrected chi connectivity index (χ3v) is 2.49. The van der Waals surface area contributed by atoms with Gasteiger partial charge in [0.2, 0.25) is 0 Å². The van der Waals surface area contributed by atoms with Gasteiger partial charge in [0.25, 0.3) is 0 Å². The van der Waals surface area contributed by atoms with Crippen LogP contribution in [0, 0.1) is 0 Å². The maximum absolute atomic E-state index is 8.79. The molecule has 2 N–H and O–H groups in total. The van der Waals surface area contributed by atoms with Gasteiger partial charge in [0.15, 0.2) is 0 Å². The molecule has 0 bridgehead atoms. The Balaban J connectivity index is 2.29. The molecule has 0 aliphatic rings. The molecule has 0 fully saturated rings. The highest BCUT2D eigenvalue weighted by Gasteiger charge is 2.06. The van der Waals surface area contributed by atoms with Crippen LogP contribution in [0.2, 0.25) is 0 Å². The number of nitrogens with one attached hydrogen (secondary N) is 1. The second-order valence-corrected chi connectivity index (χ2v) is 3.57. The summed E-state index contributed by atoms with van der Waals surface area (Å²) in [6.45, 7) is 1.06. The molecule has 2 aromatic rings. The van der Waals surface area contributed by atoms with Gasteiger partial charge in [-0.15, -0.1) is 0 Å². The maximum atomic E-state index is 8.79. The number of H-pyrrole nitrogens is 1. The number of aliphatic hydroxyl groups is 1. The Labute approximate surface area is 88.6 Å². The molecule has 0 saturated heterocycles. The van der Waals surface area contributed by atoms with Crippen molar-refractivity contribution in [2.75, 3.05) is 25.1 Å². The standard InChI is InChI=1S/C11H15N3O/c1-14(6-3-7-15)10-5-2-4-9-11(10)13-8-12-9/h2,4-5,8,15H,3,6-7H2,1H3,(H,12,13). The highest BCUT2D eigenvalue weighted by molar-refractivity contribution is 5.88. The van der Waals surface area contributed by atoms with Gasteiger partial charge >= 0.3 is 0 Å². The lowest BCUT2D eigenvalue weighted by Crippen LogP contribution is -2.19. The largest absolute Gasteiger partial charge is 0.396 e. The number of rotatable bonds is 4. The van der Waals surface area contributed by atoms with Crippen LogP contribution < -0.4 is 4.90 Å². The summed E-state index contributed by atoms with van der Waals surface area (Å²) in [7, 11) is 2.01. The third-order valence-electron chi connectivity index (χ3n) is 2.49. The van der Waals surface area contributed by atoms with Gasteiger partial charge in [-0.1, -0.05) is 6.07 Å². The summed E-state index contributed by atoms with van der Waals surface area (Å²) in [6.07, 6.45) is 2.48. The van der Waals surface area contributed by atoms with Crippen LogP contribution in [0.3, 0.4) is 0 Å². The monoisotopic (exact) mass is 205 g/mol. The van der Waals surface area contributed by atoms with E-state index in [9.17, 15) is 0 Å². The van der Waals surface area contributed by atoms with Crippen molar-refractivity contribution in [1.29, 1.82) is 0 Å². The average molecular weight is 205 g/mol. The van der Waals surface area contributed by atoms with E-state index in [1.54, 1.807) is 6.33 Å². The van der Waals surface area contributed by atoms with Crippen molar-refractivity contribution in [2.24, 2.45) is 0 Å². The number of aromatic nitrogens is 2. The Morgan fingerprint density at radius 2 is 2.33 bits per heavy atom. The predicted molar refractivity (Wildman–Crippen MR) is 61.1 cm³/mol. The number of imidazole rings is 1. The van der Waals surface area contributed by atoms with E-state index in [1.165, 1.54) is 0 Å². The highest BCUT2D eigenvalue weighted by Crippen LogP contribution is 2.22. The molecule has 0 atom stereocenters. The van der Waals surface area contributed by atoms with Crippen molar-refractivity contribution in [3.63, 3.8) is 0 Å². The fourth-order valence-electron chi connectivity index (χ4n) is 1.69. The molecular formula is C11H15N3O. The summed E-state index contributed by atoms with van der Waals surface area (Å²) in [5.41, 5.74) is 3.13. The Bertz CT molecular complexity index is 438. The molecule has 0 radical (unpaired) electrons. The normalized spacial score (nSPS) is 10.8. The van der Waals surface area contributed by atoms with Crippen LogP contribution in [0.15, 0.2) is 24.5 Å². The topological polar surface area (TPSA) is 52.1 Å². The predicted octanol–water partition coefficient (Wildman–Crippen LogP) is 1.38. The molecule has 4 heteroatoms. The maximum Gasteiger partial charge on any atom is 0.112 e. The molecular weight excluding hydrogens is 190 g/mol. The zero-order valence-corrected chi connectivity index (χ0v) is 8.77. The molecule has 1 heterocycles. The average Bonchev–Trinajstić information content (AvgIpc) is 2.73. The van der Waals surface area contributed by atoms with Crippen LogP contribution in [0.1, 0.15) is 6.42 Å². The van der Waals surface area contributed by atoms with E-state index in [-0.39, 0.29) is 6.61 Å². The van der Waals surface area contributed by atoms with Crippen molar-refractivity contribution in [1.82, 2.24) is 9.97 Å².